The highest BCUT2D eigenvalue weighted by molar-refractivity contribution is 6.09. The highest BCUT2D eigenvalue weighted by Crippen LogP contribution is 2.42. The molecule has 0 atom stereocenters. The number of benzene rings is 9. The Labute approximate surface area is 389 Å². The van der Waals surface area contributed by atoms with Crippen LogP contribution in [0, 0.1) is 0 Å². The van der Waals surface area contributed by atoms with Crippen LogP contribution in [0.4, 0.5) is 0 Å². The van der Waals surface area contributed by atoms with Crippen molar-refractivity contribution in [3.05, 3.63) is 249 Å². The molecule has 3 heterocycles. The summed E-state index contributed by atoms with van der Waals surface area (Å²) in [5.41, 5.74) is 16.8. The molecule has 0 aliphatic carbocycles. The van der Waals surface area contributed by atoms with Gasteiger partial charge in [0, 0.05) is 38.8 Å². The van der Waals surface area contributed by atoms with Gasteiger partial charge in [0.25, 0.3) is 0 Å². The van der Waals surface area contributed by atoms with Gasteiger partial charge in [-0.3, -0.25) is 0 Å². The quantitative estimate of drug-likeness (QED) is 0.145. The van der Waals surface area contributed by atoms with Gasteiger partial charge in [0.15, 0.2) is 17.5 Å². The number of hydrogen-bond acceptors (Lipinski definition) is 4. The van der Waals surface area contributed by atoms with E-state index in [4.69, 9.17) is 20.1 Å². The van der Waals surface area contributed by atoms with Crippen molar-refractivity contribution in [3.63, 3.8) is 0 Å². The summed E-state index contributed by atoms with van der Waals surface area (Å²) < 4.78 is 2.14. The normalized spacial score (nSPS) is 11.3. The second-order valence-corrected chi connectivity index (χ2v) is 16.7. The highest BCUT2D eigenvalue weighted by atomic mass is 15.2. The van der Waals surface area contributed by atoms with E-state index in [2.05, 4.69) is 241 Å². The molecule has 67 heavy (non-hydrogen) atoms. The first-order valence-electron chi connectivity index (χ1n) is 22.5. The lowest BCUT2D eigenvalue weighted by Gasteiger charge is -2.13. The summed E-state index contributed by atoms with van der Waals surface area (Å²) in [4.78, 5) is 15.6. The second-order valence-electron chi connectivity index (χ2n) is 16.7. The van der Waals surface area contributed by atoms with Crippen LogP contribution in [0.15, 0.2) is 249 Å². The van der Waals surface area contributed by atoms with Crippen LogP contribution in [0.2, 0.25) is 0 Å². The number of nitrogens with zero attached hydrogens (tertiary/aromatic N) is 5. The first kappa shape index (κ1) is 39.5. The number of rotatable bonds is 9. The topological polar surface area (TPSA) is 56.0 Å². The minimum absolute atomic E-state index is 0.603. The Morgan fingerprint density at radius 2 is 0.642 bits per heavy atom. The third kappa shape index (κ3) is 7.64. The van der Waals surface area contributed by atoms with Crippen molar-refractivity contribution < 1.29 is 0 Å². The van der Waals surface area contributed by atoms with Crippen LogP contribution >= 0.6 is 0 Å². The number of hydrogen-bond donors (Lipinski definition) is 0. The molecule has 5 nitrogen and oxygen atoms in total. The molecule has 0 saturated carbocycles. The van der Waals surface area contributed by atoms with Crippen molar-refractivity contribution in [2.24, 2.45) is 0 Å². The molecule has 0 aliphatic heterocycles. The van der Waals surface area contributed by atoms with E-state index < -0.39 is 0 Å². The van der Waals surface area contributed by atoms with Crippen LogP contribution in [0.1, 0.15) is 0 Å². The summed E-state index contributed by atoms with van der Waals surface area (Å²) in [6.45, 7) is 0. The Morgan fingerprint density at radius 3 is 1.12 bits per heavy atom. The molecule has 0 bridgehead atoms. The molecule has 0 amide bonds. The van der Waals surface area contributed by atoms with Crippen molar-refractivity contribution in [2.75, 3.05) is 0 Å². The average molecular weight is 856 g/mol. The van der Waals surface area contributed by atoms with Gasteiger partial charge < -0.3 is 0 Å². The van der Waals surface area contributed by atoms with E-state index in [-0.39, 0.29) is 0 Å². The van der Waals surface area contributed by atoms with Gasteiger partial charge in [-0.2, -0.15) is 5.10 Å². The van der Waals surface area contributed by atoms with E-state index in [1.807, 2.05) is 12.1 Å². The molecule has 9 aromatic carbocycles. The average Bonchev–Trinajstić information content (AvgIpc) is 3.83. The summed E-state index contributed by atoms with van der Waals surface area (Å²) in [5.74, 6) is 1.83. The third-order valence-electron chi connectivity index (χ3n) is 12.4. The lowest BCUT2D eigenvalue weighted by atomic mass is 9.95. The van der Waals surface area contributed by atoms with Crippen molar-refractivity contribution in [3.8, 4) is 101 Å². The summed E-state index contributed by atoms with van der Waals surface area (Å²) in [6.07, 6.45) is 0. The fourth-order valence-electron chi connectivity index (χ4n) is 9.16. The zero-order valence-electron chi connectivity index (χ0n) is 36.4. The second kappa shape index (κ2) is 17.1. The first-order valence-corrected chi connectivity index (χ1v) is 22.5. The SMILES string of the molecule is c1ccc(-c2cccc(-c3nc(-c4cccc(-c5ccccc5)c4)nc(-c4cccc(-c5ccc6c(c5)cc(-c5ccccc5)n5nc(-c7ccccc7)c(-c7ccccc7)c65)c4)n3)c2)cc1. The third-order valence-corrected chi connectivity index (χ3v) is 12.4. The smallest absolute Gasteiger partial charge is 0.164 e. The molecule has 0 N–H and O–H groups in total. The number of pyridine rings is 1. The maximum Gasteiger partial charge on any atom is 0.164 e. The fourth-order valence-corrected chi connectivity index (χ4v) is 9.16. The van der Waals surface area contributed by atoms with Gasteiger partial charge >= 0.3 is 0 Å². The van der Waals surface area contributed by atoms with Crippen LogP contribution in [-0.2, 0) is 0 Å². The van der Waals surface area contributed by atoms with Crippen molar-refractivity contribution in [1.29, 1.82) is 0 Å². The van der Waals surface area contributed by atoms with Crippen LogP contribution in [-0.4, -0.2) is 24.6 Å². The van der Waals surface area contributed by atoms with Gasteiger partial charge in [-0.25, -0.2) is 19.5 Å². The molecule has 3 aromatic heterocycles. The molecule has 0 saturated heterocycles. The lowest BCUT2D eigenvalue weighted by Crippen LogP contribution is -2.00. The molecule has 0 spiro atoms. The Balaban J connectivity index is 1.02. The van der Waals surface area contributed by atoms with Gasteiger partial charge in [-0.1, -0.05) is 218 Å². The van der Waals surface area contributed by atoms with Crippen molar-refractivity contribution in [1.82, 2.24) is 24.6 Å². The molecular weight excluding hydrogens is 815 g/mol. The molecule has 314 valence electrons. The van der Waals surface area contributed by atoms with E-state index in [0.717, 1.165) is 100 Å². The minimum Gasteiger partial charge on any atom is -0.231 e. The Bertz CT molecular complexity index is 3620. The minimum atomic E-state index is 0.603. The molecular formula is C62H41N5. The van der Waals surface area contributed by atoms with Crippen LogP contribution in [0.5, 0.6) is 0 Å². The maximum atomic E-state index is 5.41. The predicted octanol–water partition coefficient (Wildman–Crippen LogP) is 15.7. The molecule has 0 fully saturated rings. The van der Waals surface area contributed by atoms with Gasteiger partial charge in [-0.05, 0) is 74.7 Å². The molecule has 12 rings (SSSR count). The molecule has 0 unspecified atom stereocenters. The van der Waals surface area contributed by atoms with Crippen LogP contribution in [0.3, 0.4) is 0 Å². The van der Waals surface area contributed by atoms with E-state index in [1.54, 1.807) is 0 Å². The van der Waals surface area contributed by atoms with Gasteiger partial charge in [0.05, 0.1) is 11.2 Å². The zero-order valence-corrected chi connectivity index (χ0v) is 36.4. The number of aromatic nitrogens is 5. The van der Waals surface area contributed by atoms with Gasteiger partial charge in [0.2, 0.25) is 0 Å². The Hall–Kier alpha value is -9.06. The standard InChI is InChI=1S/C62H41N5/c1-6-19-42(20-7-1)47-29-16-32-51(37-47)60-63-61(52-33-17-30-48(38-52)43-21-8-2-9-22-43)65-62(64-60)53-34-18-31-49(39-53)50-35-36-55-54(40-50)41-56(44-23-10-3-11-24-44)67-59(55)57(45-25-12-4-13-26-45)58(66-67)46-27-14-5-15-28-46/h1-41H. The first-order chi connectivity index (χ1) is 33.2. The zero-order chi connectivity index (χ0) is 44.5. The Kier molecular flexibility index (Phi) is 10.1. The molecule has 0 radical (unpaired) electrons. The van der Waals surface area contributed by atoms with Gasteiger partial charge in [0.1, 0.15) is 5.69 Å². The summed E-state index contributed by atoms with van der Waals surface area (Å²) in [6, 6.07) is 87.0. The van der Waals surface area contributed by atoms with E-state index in [1.165, 1.54) is 0 Å². The monoisotopic (exact) mass is 855 g/mol. The Morgan fingerprint density at radius 1 is 0.269 bits per heavy atom. The van der Waals surface area contributed by atoms with Crippen molar-refractivity contribution >= 4 is 16.3 Å². The van der Waals surface area contributed by atoms with Crippen molar-refractivity contribution in [2.45, 2.75) is 0 Å². The summed E-state index contributed by atoms with van der Waals surface area (Å²) >= 11 is 0. The van der Waals surface area contributed by atoms with E-state index in [9.17, 15) is 0 Å². The van der Waals surface area contributed by atoms with Crippen LogP contribution in [0.25, 0.3) is 117 Å². The lowest BCUT2D eigenvalue weighted by molar-refractivity contribution is 0.979. The van der Waals surface area contributed by atoms with E-state index >= 15 is 0 Å². The highest BCUT2D eigenvalue weighted by Gasteiger charge is 2.22. The maximum absolute atomic E-state index is 5.41. The predicted molar refractivity (Wildman–Crippen MR) is 275 cm³/mol. The largest absolute Gasteiger partial charge is 0.231 e. The molecule has 12 aromatic rings. The molecule has 5 heteroatoms. The van der Waals surface area contributed by atoms with Crippen LogP contribution < -0.4 is 0 Å². The summed E-state index contributed by atoms with van der Waals surface area (Å²) in [5, 5.41) is 7.65. The fraction of sp³-hybridized carbons (Fsp3) is 0. The summed E-state index contributed by atoms with van der Waals surface area (Å²) in [7, 11) is 0. The number of fused-ring (bicyclic) bond motifs is 3. The molecule has 0 aliphatic rings. The van der Waals surface area contributed by atoms with Gasteiger partial charge in [-0.15, -0.1) is 0 Å². The van der Waals surface area contributed by atoms with E-state index in [0.29, 0.717) is 17.5 Å².